The van der Waals surface area contributed by atoms with Gasteiger partial charge in [-0.05, 0) is 25.2 Å². The molecule has 0 amide bonds. The molecule has 0 aromatic carbocycles. The number of nitrogens with one attached hydrogen (secondary N) is 1. The number of rotatable bonds is 4. The van der Waals surface area contributed by atoms with Crippen LogP contribution in [0.4, 0.5) is 13.2 Å². The molecular weight excluding hydrogens is 205 g/mol. The van der Waals surface area contributed by atoms with E-state index in [0.29, 0.717) is 12.1 Å². The van der Waals surface area contributed by atoms with E-state index in [2.05, 4.69) is 5.10 Å². The van der Waals surface area contributed by atoms with Crippen molar-refractivity contribution in [1.29, 1.82) is 0 Å². The molecule has 15 heavy (non-hydrogen) atoms. The van der Waals surface area contributed by atoms with Gasteiger partial charge in [-0.1, -0.05) is 26.2 Å². The lowest BCUT2D eigenvalue weighted by molar-refractivity contribution is -0.156. The van der Waals surface area contributed by atoms with Gasteiger partial charge in [-0.3, -0.25) is 0 Å². The third kappa shape index (κ3) is 4.53. The Morgan fingerprint density at radius 1 is 1.33 bits per heavy atom. The van der Waals surface area contributed by atoms with Crippen molar-refractivity contribution in [3.05, 3.63) is 0 Å². The second-order valence-corrected chi connectivity index (χ2v) is 3.94. The molecule has 1 fully saturated rings. The van der Waals surface area contributed by atoms with Crippen molar-refractivity contribution in [3.8, 4) is 0 Å². The SMILES string of the molecule is CCC/C(=N\NC(F)(F)F)C1CCCC1. The molecule has 2 nitrogen and oxygen atoms in total. The van der Waals surface area contributed by atoms with Crippen LogP contribution < -0.4 is 5.43 Å². The zero-order valence-electron chi connectivity index (χ0n) is 8.90. The number of halogens is 3. The van der Waals surface area contributed by atoms with Gasteiger partial charge in [-0.25, -0.2) is 5.43 Å². The van der Waals surface area contributed by atoms with Gasteiger partial charge in [-0.15, -0.1) is 13.2 Å². The van der Waals surface area contributed by atoms with E-state index in [4.69, 9.17) is 0 Å². The fourth-order valence-corrected chi connectivity index (χ4v) is 2.00. The Hall–Kier alpha value is -0.740. The van der Waals surface area contributed by atoms with E-state index in [-0.39, 0.29) is 5.92 Å². The molecule has 0 atom stereocenters. The Kier molecular flexibility index (Phi) is 4.42. The largest absolute Gasteiger partial charge is 0.497 e. The van der Waals surface area contributed by atoms with E-state index in [9.17, 15) is 13.2 Å². The predicted octanol–water partition coefficient (Wildman–Crippen LogP) is 3.44. The summed E-state index contributed by atoms with van der Waals surface area (Å²) in [5.41, 5.74) is 1.96. The molecule has 0 radical (unpaired) electrons. The highest BCUT2D eigenvalue weighted by molar-refractivity contribution is 5.86. The van der Waals surface area contributed by atoms with Crippen molar-refractivity contribution in [2.45, 2.75) is 51.7 Å². The van der Waals surface area contributed by atoms with Gasteiger partial charge >= 0.3 is 6.30 Å². The van der Waals surface area contributed by atoms with Crippen LogP contribution in [0.2, 0.25) is 0 Å². The summed E-state index contributed by atoms with van der Waals surface area (Å²) in [6, 6.07) is 0. The van der Waals surface area contributed by atoms with Crippen LogP contribution in [-0.4, -0.2) is 12.0 Å². The first-order valence-corrected chi connectivity index (χ1v) is 5.43. The molecule has 0 aromatic heterocycles. The Morgan fingerprint density at radius 3 is 2.40 bits per heavy atom. The van der Waals surface area contributed by atoms with Gasteiger partial charge in [0.1, 0.15) is 0 Å². The summed E-state index contributed by atoms with van der Waals surface area (Å²) in [7, 11) is 0. The Bertz CT molecular complexity index is 217. The van der Waals surface area contributed by atoms with E-state index in [1.807, 2.05) is 6.92 Å². The van der Waals surface area contributed by atoms with Crippen molar-refractivity contribution in [2.24, 2.45) is 11.0 Å². The molecule has 1 aliphatic rings. The first kappa shape index (κ1) is 12.3. The summed E-state index contributed by atoms with van der Waals surface area (Å²) in [4.78, 5) is 0. The van der Waals surface area contributed by atoms with Crippen LogP contribution in [0.3, 0.4) is 0 Å². The molecular formula is C10H17F3N2. The van der Waals surface area contributed by atoms with Crippen molar-refractivity contribution in [3.63, 3.8) is 0 Å². The van der Waals surface area contributed by atoms with E-state index < -0.39 is 6.30 Å². The maximum atomic E-state index is 11.9. The molecule has 0 saturated heterocycles. The molecule has 1 aliphatic carbocycles. The van der Waals surface area contributed by atoms with Crippen LogP contribution in [-0.2, 0) is 0 Å². The normalized spacial score (nSPS) is 19.6. The van der Waals surface area contributed by atoms with Crippen molar-refractivity contribution < 1.29 is 13.2 Å². The van der Waals surface area contributed by atoms with Crippen LogP contribution in [0.1, 0.15) is 45.4 Å². The fraction of sp³-hybridized carbons (Fsp3) is 0.900. The number of hydrazone groups is 1. The molecule has 0 bridgehead atoms. The van der Waals surface area contributed by atoms with Crippen molar-refractivity contribution in [2.75, 3.05) is 0 Å². The van der Waals surface area contributed by atoms with E-state index in [1.165, 1.54) is 5.43 Å². The lowest BCUT2D eigenvalue weighted by Gasteiger charge is -2.13. The number of hydrogen-bond acceptors (Lipinski definition) is 2. The van der Waals surface area contributed by atoms with Gasteiger partial charge in [0.05, 0.1) is 0 Å². The topological polar surface area (TPSA) is 24.4 Å². The second kappa shape index (κ2) is 5.37. The Balaban J connectivity index is 2.55. The van der Waals surface area contributed by atoms with E-state index in [0.717, 1.165) is 32.1 Å². The van der Waals surface area contributed by atoms with Crippen LogP contribution in [0.15, 0.2) is 5.10 Å². The summed E-state index contributed by atoms with van der Waals surface area (Å²) in [6.45, 7) is 1.96. The minimum atomic E-state index is -4.41. The van der Waals surface area contributed by atoms with E-state index >= 15 is 0 Å². The van der Waals surface area contributed by atoms with Gasteiger partial charge in [0.2, 0.25) is 0 Å². The van der Waals surface area contributed by atoms with Gasteiger partial charge < -0.3 is 0 Å². The summed E-state index contributed by atoms with van der Waals surface area (Å²) in [6.07, 6.45) is 1.29. The highest BCUT2D eigenvalue weighted by Gasteiger charge is 2.28. The maximum Gasteiger partial charge on any atom is 0.497 e. The molecule has 0 aliphatic heterocycles. The molecule has 1 rings (SSSR count). The third-order valence-electron chi connectivity index (χ3n) is 2.66. The summed E-state index contributed by atoms with van der Waals surface area (Å²) >= 11 is 0. The summed E-state index contributed by atoms with van der Waals surface area (Å²) < 4.78 is 35.8. The third-order valence-corrected chi connectivity index (χ3v) is 2.66. The maximum absolute atomic E-state index is 11.9. The number of hydrogen-bond donors (Lipinski definition) is 1. The molecule has 0 aromatic rings. The monoisotopic (exact) mass is 222 g/mol. The van der Waals surface area contributed by atoms with Gasteiger partial charge in [0.15, 0.2) is 0 Å². The van der Waals surface area contributed by atoms with E-state index in [1.54, 1.807) is 0 Å². The van der Waals surface area contributed by atoms with Crippen LogP contribution >= 0.6 is 0 Å². The molecule has 1 N–H and O–H groups in total. The van der Waals surface area contributed by atoms with Crippen molar-refractivity contribution in [1.82, 2.24) is 5.43 Å². The molecule has 5 heteroatoms. The number of alkyl halides is 3. The Labute approximate surface area is 87.9 Å². The fourth-order valence-electron chi connectivity index (χ4n) is 2.00. The average Bonchev–Trinajstić information content (AvgIpc) is 2.63. The van der Waals surface area contributed by atoms with Crippen LogP contribution in [0.25, 0.3) is 0 Å². The second-order valence-electron chi connectivity index (χ2n) is 3.94. The molecule has 0 unspecified atom stereocenters. The quantitative estimate of drug-likeness (QED) is 0.440. The Morgan fingerprint density at radius 2 is 1.93 bits per heavy atom. The summed E-state index contributed by atoms with van der Waals surface area (Å²) in [5.74, 6) is 0.264. The van der Waals surface area contributed by atoms with Gasteiger partial charge in [0.25, 0.3) is 0 Å². The highest BCUT2D eigenvalue weighted by atomic mass is 19.4. The zero-order valence-corrected chi connectivity index (χ0v) is 8.90. The van der Waals surface area contributed by atoms with Gasteiger partial charge in [0, 0.05) is 5.71 Å². The molecule has 0 spiro atoms. The minimum absolute atomic E-state index is 0.264. The summed E-state index contributed by atoms with van der Waals surface area (Å²) in [5, 5.41) is 3.51. The highest BCUT2D eigenvalue weighted by Crippen LogP contribution is 2.27. The first-order valence-electron chi connectivity index (χ1n) is 5.43. The molecule has 1 saturated carbocycles. The first-order chi connectivity index (χ1) is 7.03. The van der Waals surface area contributed by atoms with Crippen LogP contribution in [0.5, 0.6) is 0 Å². The average molecular weight is 222 g/mol. The number of nitrogens with zero attached hydrogens (tertiary/aromatic N) is 1. The van der Waals surface area contributed by atoms with Crippen LogP contribution in [0, 0.1) is 5.92 Å². The predicted molar refractivity (Wildman–Crippen MR) is 53.5 cm³/mol. The smallest absolute Gasteiger partial charge is 0.218 e. The lowest BCUT2D eigenvalue weighted by atomic mass is 9.98. The standard InChI is InChI=1S/C10H17F3N2/c1-2-5-9(8-6-3-4-7-8)14-15-10(11,12)13/h8,15H,2-7H2,1H3/b14-9+. The van der Waals surface area contributed by atoms with Crippen molar-refractivity contribution >= 4 is 5.71 Å². The zero-order chi connectivity index (χ0) is 11.3. The van der Waals surface area contributed by atoms with Gasteiger partial charge in [-0.2, -0.15) is 5.10 Å². The minimum Gasteiger partial charge on any atom is -0.218 e. The molecule has 0 heterocycles. The molecule has 88 valence electrons. The lowest BCUT2D eigenvalue weighted by Crippen LogP contribution is -2.29.